The molecule has 0 N–H and O–H groups in total. The molecule has 6 heteroatoms. The fourth-order valence-electron chi connectivity index (χ4n) is 10.6. The van der Waals surface area contributed by atoms with Crippen LogP contribution in [0.4, 0.5) is 42.9 Å². The Morgan fingerprint density at radius 2 is 0.667 bits per heavy atom. The lowest BCUT2D eigenvalue weighted by Gasteiger charge is -2.29. The van der Waals surface area contributed by atoms with Crippen molar-refractivity contribution in [2.75, 3.05) is 9.80 Å². The molecule has 0 aliphatic rings. The maximum absolute atomic E-state index is 14.7. The second kappa shape index (κ2) is 13.9. The van der Waals surface area contributed by atoms with Crippen LogP contribution in [0, 0.1) is 11.6 Å². The van der Waals surface area contributed by atoms with Crippen LogP contribution in [0.1, 0.15) is 0 Å². The first-order valence-corrected chi connectivity index (χ1v) is 22.0. The van der Waals surface area contributed by atoms with Gasteiger partial charge in [-0.05, 0) is 128 Å². The van der Waals surface area contributed by atoms with Crippen LogP contribution in [0.25, 0.3) is 97.7 Å². The van der Waals surface area contributed by atoms with Gasteiger partial charge in [0.1, 0.15) is 22.8 Å². The molecule has 66 heavy (non-hydrogen) atoms. The maximum Gasteiger partial charge on any atom is 0.159 e. The van der Waals surface area contributed by atoms with Gasteiger partial charge in [0, 0.05) is 43.7 Å². The summed E-state index contributed by atoms with van der Waals surface area (Å²) < 4.78 is 43.1. The molecule has 14 aromatic rings. The summed E-state index contributed by atoms with van der Waals surface area (Å²) in [6.07, 6.45) is 0. The molecule has 2 aromatic heterocycles. The third kappa shape index (κ3) is 5.30. The van der Waals surface area contributed by atoms with Gasteiger partial charge in [0.25, 0.3) is 0 Å². The van der Waals surface area contributed by atoms with Crippen LogP contribution in [0.5, 0.6) is 0 Å². The van der Waals surface area contributed by atoms with Crippen molar-refractivity contribution in [1.82, 2.24) is 0 Å². The third-order valence-electron chi connectivity index (χ3n) is 13.5. The predicted octanol–water partition coefficient (Wildman–Crippen LogP) is 17.9. The molecule has 0 radical (unpaired) electrons. The Labute approximate surface area is 375 Å². The number of para-hydroxylation sites is 2. The Hall–Kier alpha value is -8.74. The maximum atomic E-state index is 14.7. The highest BCUT2D eigenvalue weighted by molar-refractivity contribution is 6.29. The molecule has 0 bridgehead atoms. The van der Waals surface area contributed by atoms with Gasteiger partial charge in [-0.3, -0.25) is 0 Å². The molecule has 310 valence electrons. The molecule has 0 unspecified atom stereocenters. The molecule has 0 aliphatic heterocycles. The Morgan fingerprint density at radius 1 is 0.273 bits per heavy atom. The van der Waals surface area contributed by atoms with Gasteiger partial charge in [0.2, 0.25) is 0 Å². The van der Waals surface area contributed by atoms with Gasteiger partial charge in [-0.1, -0.05) is 121 Å². The Balaban J connectivity index is 1.03. The second-order valence-corrected chi connectivity index (χ2v) is 17.0. The number of nitrogens with zero attached hydrogens (tertiary/aromatic N) is 2. The first-order valence-electron chi connectivity index (χ1n) is 22.0. The van der Waals surface area contributed by atoms with E-state index in [0.29, 0.717) is 0 Å². The van der Waals surface area contributed by atoms with Gasteiger partial charge in [0.05, 0.1) is 22.7 Å². The van der Waals surface area contributed by atoms with E-state index in [1.807, 2.05) is 36.4 Å². The van der Waals surface area contributed by atoms with Gasteiger partial charge in [-0.15, -0.1) is 0 Å². The topological polar surface area (TPSA) is 32.8 Å². The lowest BCUT2D eigenvalue weighted by molar-refractivity contribution is 0.627. The molecule has 0 spiro atoms. The van der Waals surface area contributed by atoms with Crippen LogP contribution >= 0.6 is 0 Å². The van der Waals surface area contributed by atoms with Crippen LogP contribution in [-0.2, 0) is 0 Å². The van der Waals surface area contributed by atoms with Gasteiger partial charge in [-0.25, -0.2) is 8.78 Å². The SMILES string of the molecule is Fc1ccc(N(c2ccc3ccc4c(N(c5ccc(F)cc5)c5cccc6c5oc5ccc7ccccc7c56)ccc5ccc2c3c54)c2cccc3c2oc2ccc4ccccc4c23)cc1. The molecule has 0 amide bonds. The van der Waals surface area contributed by atoms with Crippen molar-refractivity contribution in [2.24, 2.45) is 0 Å². The summed E-state index contributed by atoms with van der Waals surface area (Å²) in [7, 11) is 0. The normalized spacial score (nSPS) is 12.1. The minimum Gasteiger partial charge on any atom is -0.454 e. The van der Waals surface area contributed by atoms with Crippen LogP contribution in [0.2, 0.25) is 0 Å². The van der Waals surface area contributed by atoms with E-state index in [0.717, 1.165) is 132 Å². The van der Waals surface area contributed by atoms with Crippen molar-refractivity contribution in [1.29, 1.82) is 0 Å². The molecule has 2 heterocycles. The number of furan rings is 2. The van der Waals surface area contributed by atoms with Crippen LogP contribution in [0.3, 0.4) is 0 Å². The number of rotatable bonds is 6. The van der Waals surface area contributed by atoms with E-state index in [1.54, 1.807) is 0 Å². The molecular formula is C60H34F2N2O2. The van der Waals surface area contributed by atoms with Gasteiger partial charge in [0.15, 0.2) is 11.2 Å². The van der Waals surface area contributed by atoms with E-state index in [4.69, 9.17) is 8.83 Å². The van der Waals surface area contributed by atoms with Crippen molar-refractivity contribution in [3.63, 3.8) is 0 Å². The zero-order valence-corrected chi connectivity index (χ0v) is 35.1. The van der Waals surface area contributed by atoms with E-state index in [-0.39, 0.29) is 11.6 Å². The zero-order valence-electron chi connectivity index (χ0n) is 35.1. The van der Waals surface area contributed by atoms with Crippen molar-refractivity contribution in [3.8, 4) is 0 Å². The van der Waals surface area contributed by atoms with Crippen LogP contribution in [-0.4, -0.2) is 0 Å². The Morgan fingerprint density at radius 3 is 1.12 bits per heavy atom. The lowest BCUT2D eigenvalue weighted by Crippen LogP contribution is -2.12. The molecule has 0 saturated carbocycles. The summed E-state index contributed by atoms with van der Waals surface area (Å²) in [5.41, 5.74) is 8.17. The van der Waals surface area contributed by atoms with E-state index < -0.39 is 0 Å². The van der Waals surface area contributed by atoms with Gasteiger partial charge < -0.3 is 18.6 Å². The Kier molecular flexibility index (Phi) is 7.72. The summed E-state index contributed by atoms with van der Waals surface area (Å²) >= 11 is 0. The largest absolute Gasteiger partial charge is 0.454 e. The van der Waals surface area contributed by atoms with E-state index in [2.05, 4.69) is 155 Å². The average Bonchev–Trinajstić information content (AvgIpc) is 3.95. The van der Waals surface area contributed by atoms with Crippen LogP contribution < -0.4 is 9.80 Å². The second-order valence-electron chi connectivity index (χ2n) is 17.0. The quantitative estimate of drug-likeness (QED) is 0.156. The molecule has 12 aromatic carbocycles. The van der Waals surface area contributed by atoms with E-state index in [1.165, 1.54) is 24.3 Å². The number of hydrogen-bond acceptors (Lipinski definition) is 4. The summed E-state index contributed by atoms with van der Waals surface area (Å²) in [5.74, 6) is -0.625. The van der Waals surface area contributed by atoms with Crippen LogP contribution in [0.15, 0.2) is 215 Å². The molecular weight excluding hydrogens is 819 g/mol. The molecule has 0 saturated heterocycles. The zero-order chi connectivity index (χ0) is 43.6. The fraction of sp³-hybridized carbons (Fsp3) is 0. The first kappa shape index (κ1) is 36.7. The molecule has 0 aliphatic carbocycles. The van der Waals surface area contributed by atoms with E-state index >= 15 is 0 Å². The highest BCUT2D eigenvalue weighted by atomic mass is 19.1. The minimum absolute atomic E-state index is 0.313. The van der Waals surface area contributed by atoms with Crippen molar-refractivity contribution in [2.45, 2.75) is 0 Å². The smallest absolute Gasteiger partial charge is 0.159 e. The van der Waals surface area contributed by atoms with E-state index in [9.17, 15) is 8.78 Å². The highest BCUT2D eigenvalue weighted by Gasteiger charge is 2.26. The number of benzene rings is 12. The summed E-state index contributed by atoms with van der Waals surface area (Å²) in [5, 5.41) is 15.0. The number of fused-ring (bicyclic) bond motifs is 10. The van der Waals surface area contributed by atoms with Crippen molar-refractivity contribution < 1.29 is 17.6 Å². The number of hydrogen-bond donors (Lipinski definition) is 0. The van der Waals surface area contributed by atoms with Gasteiger partial charge in [-0.2, -0.15) is 0 Å². The first-order chi connectivity index (χ1) is 32.6. The molecule has 0 fully saturated rings. The minimum atomic E-state index is -0.313. The monoisotopic (exact) mass is 852 g/mol. The number of halogens is 2. The van der Waals surface area contributed by atoms with Gasteiger partial charge >= 0.3 is 0 Å². The predicted molar refractivity (Wildman–Crippen MR) is 269 cm³/mol. The fourth-order valence-corrected chi connectivity index (χ4v) is 10.6. The average molecular weight is 853 g/mol. The Bertz CT molecular complexity index is 3990. The summed E-state index contributed by atoms with van der Waals surface area (Å²) in [6.45, 7) is 0. The molecule has 0 atom stereocenters. The van der Waals surface area contributed by atoms with Crippen molar-refractivity contribution >= 4 is 132 Å². The standard InChI is InChI=1S/C60H34F2N2O2/c61-39-21-25-41(26-22-39)63(51-13-5-11-47-57-43-9-3-1-7-35(43)19-33-53(57)65-59(47)51)49-31-17-37-16-30-46-50(32-18-38-15-29-45(49)55(37)56(38)46)64(42-27-23-40(62)24-28-42)52-14-6-12-48-58-44-10-4-2-8-36(44)20-34-54(58)66-60(48)52/h1-34H. The highest BCUT2D eigenvalue weighted by Crippen LogP contribution is 2.51. The van der Waals surface area contributed by atoms with Crippen molar-refractivity contribution in [3.05, 3.63) is 218 Å². The number of anilines is 6. The molecule has 4 nitrogen and oxygen atoms in total. The lowest BCUT2D eigenvalue weighted by atomic mass is 9.91. The summed E-state index contributed by atoms with van der Waals surface area (Å²) in [4.78, 5) is 4.38. The molecule has 14 rings (SSSR count). The third-order valence-corrected chi connectivity index (χ3v) is 13.5. The summed E-state index contributed by atoms with van der Waals surface area (Å²) in [6, 6.07) is 68.3.